The Hall–Kier alpha value is -2.15. The van der Waals surface area contributed by atoms with E-state index in [1.807, 2.05) is 6.07 Å². The predicted molar refractivity (Wildman–Crippen MR) is 139 cm³/mol. The van der Waals surface area contributed by atoms with Crippen LogP contribution in [0.3, 0.4) is 0 Å². The molecule has 0 saturated carbocycles. The Morgan fingerprint density at radius 1 is 1.17 bits per heavy atom. The van der Waals surface area contributed by atoms with Crippen LogP contribution in [0, 0.1) is 11.2 Å². The number of aryl methyl sites for hydroxylation is 1. The van der Waals surface area contributed by atoms with Crippen molar-refractivity contribution >= 4 is 40.8 Å². The van der Waals surface area contributed by atoms with Crippen LogP contribution in [0.25, 0.3) is 0 Å². The second-order valence-electron chi connectivity index (χ2n) is 9.98. The molecule has 0 unspecified atom stereocenters. The van der Waals surface area contributed by atoms with E-state index in [1.54, 1.807) is 30.1 Å². The SMILES string of the molecule is COC(=O)[C@H]1[C@H](c2cccc(Cl)c2F)C(=O)Nc2cc(Cl)ccc2CCCC(C)(C)CCCN1C. The number of nitrogens with zero attached hydrogens (tertiary/aromatic N) is 1. The van der Waals surface area contributed by atoms with Gasteiger partial charge in [0.15, 0.2) is 0 Å². The van der Waals surface area contributed by atoms with E-state index in [2.05, 4.69) is 19.2 Å². The van der Waals surface area contributed by atoms with Gasteiger partial charge in [0.25, 0.3) is 0 Å². The van der Waals surface area contributed by atoms with Crippen molar-refractivity contribution in [3.05, 3.63) is 63.4 Å². The number of rotatable bonds is 2. The molecule has 190 valence electrons. The average Bonchev–Trinajstić information content (AvgIpc) is 2.79. The number of methoxy groups -OCH3 is 1. The lowest BCUT2D eigenvalue weighted by Crippen LogP contribution is -2.48. The van der Waals surface area contributed by atoms with Crippen molar-refractivity contribution in [1.29, 1.82) is 0 Å². The first-order valence-electron chi connectivity index (χ1n) is 11.9. The third kappa shape index (κ3) is 6.75. The molecule has 8 heteroatoms. The van der Waals surface area contributed by atoms with Gasteiger partial charge in [0.05, 0.1) is 18.1 Å². The second-order valence-corrected chi connectivity index (χ2v) is 10.8. The molecule has 1 heterocycles. The Kier molecular flexibility index (Phi) is 9.19. The van der Waals surface area contributed by atoms with Crippen LogP contribution in [0.2, 0.25) is 10.0 Å². The van der Waals surface area contributed by atoms with Crippen LogP contribution in [0.4, 0.5) is 10.1 Å². The fourth-order valence-corrected chi connectivity index (χ4v) is 5.18. The number of carbonyl (C=O) groups excluding carboxylic acids is 2. The topological polar surface area (TPSA) is 58.6 Å². The highest BCUT2D eigenvalue weighted by Gasteiger charge is 2.41. The van der Waals surface area contributed by atoms with E-state index in [1.165, 1.54) is 19.2 Å². The number of hydrogen-bond acceptors (Lipinski definition) is 4. The zero-order valence-corrected chi connectivity index (χ0v) is 22.2. The summed E-state index contributed by atoms with van der Waals surface area (Å²) in [5.41, 5.74) is 1.63. The fraction of sp³-hybridized carbons (Fsp3) is 0.481. The Labute approximate surface area is 216 Å². The number of amides is 1. The minimum atomic E-state index is -1.20. The van der Waals surface area contributed by atoms with Crippen molar-refractivity contribution in [2.45, 2.75) is 57.9 Å². The molecule has 0 aromatic heterocycles. The quantitative estimate of drug-likeness (QED) is 0.459. The van der Waals surface area contributed by atoms with Crippen molar-refractivity contribution in [3.63, 3.8) is 0 Å². The Balaban J connectivity index is 2.15. The van der Waals surface area contributed by atoms with Crippen LogP contribution in [0.1, 0.15) is 56.6 Å². The summed E-state index contributed by atoms with van der Waals surface area (Å²) in [6.07, 6.45) is 4.48. The molecule has 1 amide bonds. The smallest absolute Gasteiger partial charge is 0.324 e. The summed E-state index contributed by atoms with van der Waals surface area (Å²) in [5.74, 6) is -3.09. The van der Waals surface area contributed by atoms with Gasteiger partial charge in [-0.15, -0.1) is 0 Å². The van der Waals surface area contributed by atoms with Gasteiger partial charge in [-0.05, 0) is 74.9 Å². The summed E-state index contributed by atoms with van der Waals surface area (Å²) in [7, 11) is 3.02. The number of benzene rings is 2. The van der Waals surface area contributed by atoms with Crippen molar-refractivity contribution in [3.8, 4) is 0 Å². The van der Waals surface area contributed by atoms with Crippen molar-refractivity contribution < 1.29 is 18.7 Å². The number of halogens is 3. The van der Waals surface area contributed by atoms with Gasteiger partial charge < -0.3 is 10.1 Å². The Morgan fingerprint density at radius 3 is 2.60 bits per heavy atom. The average molecular weight is 523 g/mol. The summed E-state index contributed by atoms with van der Waals surface area (Å²) >= 11 is 12.3. The standard InChI is InChI=1S/C27H33Cl2FN2O3/c1-27(2)13-6-8-17-11-12-18(28)16-21(17)31-25(33)22(19-9-5-10-20(29)23(19)30)24(26(34)35-4)32(3)15-7-14-27/h5,9-12,16,22,24H,6-8,13-15H2,1-4H3,(H,31,33)/t22-,24+/m0/s1. The molecule has 0 aliphatic carbocycles. The first-order valence-corrected chi connectivity index (χ1v) is 12.6. The Morgan fingerprint density at radius 2 is 1.89 bits per heavy atom. The number of ether oxygens (including phenoxy) is 1. The molecule has 0 spiro atoms. The molecule has 2 atom stereocenters. The molecule has 5 nitrogen and oxygen atoms in total. The Bertz CT molecular complexity index is 1080. The molecule has 3 rings (SSSR count). The molecule has 1 N–H and O–H groups in total. The van der Waals surface area contributed by atoms with Crippen molar-refractivity contribution in [2.24, 2.45) is 5.41 Å². The number of likely N-dealkylation sites (N-methyl/N-ethyl adjacent to an activating group) is 1. The molecule has 35 heavy (non-hydrogen) atoms. The number of esters is 1. The maximum absolute atomic E-state index is 15.3. The van der Waals surface area contributed by atoms with E-state index in [9.17, 15) is 9.59 Å². The van der Waals surface area contributed by atoms with Crippen LogP contribution in [0.15, 0.2) is 36.4 Å². The molecule has 1 aliphatic rings. The lowest BCUT2D eigenvalue weighted by molar-refractivity contribution is -0.149. The fourth-order valence-electron chi connectivity index (χ4n) is 4.83. The van der Waals surface area contributed by atoms with E-state index in [-0.39, 0.29) is 16.0 Å². The molecule has 0 radical (unpaired) electrons. The van der Waals surface area contributed by atoms with Gasteiger partial charge in [-0.25, -0.2) is 4.39 Å². The largest absolute Gasteiger partial charge is 0.468 e. The van der Waals surface area contributed by atoms with E-state index in [0.29, 0.717) is 17.3 Å². The van der Waals surface area contributed by atoms with Gasteiger partial charge in [0.2, 0.25) is 5.91 Å². The van der Waals surface area contributed by atoms with Crippen LogP contribution in [0.5, 0.6) is 0 Å². The zero-order valence-electron chi connectivity index (χ0n) is 20.7. The number of hydrogen-bond donors (Lipinski definition) is 1. The van der Waals surface area contributed by atoms with Crippen molar-refractivity contribution in [2.75, 3.05) is 26.0 Å². The lowest BCUT2D eigenvalue weighted by Gasteiger charge is -2.34. The summed E-state index contributed by atoms with van der Waals surface area (Å²) in [6.45, 7) is 5.02. The first kappa shape index (κ1) is 27.4. The van der Waals surface area contributed by atoms with Crippen LogP contribution in [-0.4, -0.2) is 43.5 Å². The summed E-state index contributed by atoms with van der Waals surface area (Å²) in [4.78, 5) is 28.6. The molecule has 1 aliphatic heterocycles. The zero-order chi connectivity index (χ0) is 25.8. The highest BCUT2D eigenvalue weighted by molar-refractivity contribution is 6.31. The molecule has 0 bridgehead atoms. The third-order valence-corrected chi connectivity index (χ3v) is 7.35. The number of carbonyl (C=O) groups is 2. The number of anilines is 1. The highest BCUT2D eigenvalue weighted by atomic mass is 35.5. The normalized spacial score (nSPS) is 22.0. The molecular weight excluding hydrogens is 490 g/mol. The van der Waals surface area contributed by atoms with E-state index in [0.717, 1.165) is 37.7 Å². The summed E-state index contributed by atoms with van der Waals surface area (Å²) in [6, 6.07) is 8.79. The van der Waals surface area contributed by atoms with Gasteiger partial charge in [0, 0.05) is 16.3 Å². The van der Waals surface area contributed by atoms with Gasteiger partial charge in [0.1, 0.15) is 11.9 Å². The number of fused-ring (bicyclic) bond motifs is 1. The molecule has 0 fully saturated rings. The van der Waals surface area contributed by atoms with Gasteiger partial charge in [-0.2, -0.15) is 0 Å². The van der Waals surface area contributed by atoms with Crippen LogP contribution in [-0.2, 0) is 20.7 Å². The van der Waals surface area contributed by atoms with Gasteiger partial charge >= 0.3 is 5.97 Å². The van der Waals surface area contributed by atoms with E-state index >= 15 is 4.39 Å². The molecular formula is C27H33Cl2FN2O3. The van der Waals surface area contributed by atoms with Gasteiger partial charge in [-0.3, -0.25) is 14.5 Å². The summed E-state index contributed by atoms with van der Waals surface area (Å²) < 4.78 is 20.4. The maximum atomic E-state index is 15.3. The highest BCUT2D eigenvalue weighted by Crippen LogP contribution is 2.35. The monoisotopic (exact) mass is 522 g/mol. The molecule has 2 aromatic carbocycles. The molecule has 0 saturated heterocycles. The number of nitrogens with one attached hydrogen (secondary N) is 1. The van der Waals surface area contributed by atoms with Crippen LogP contribution >= 0.6 is 23.2 Å². The second kappa shape index (κ2) is 11.7. The summed E-state index contributed by atoms with van der Waals surface area (Å²) in [5, 5.41) is 3.28. The lowest BCUT2D eigenvalue weighted by atomic mass is 9.81. The molecule has 2 aromatic rings. The third-order valence-electron chi connectivity index (χ3n) is 6.83. The maximum Gasteiger partial charge on any atom is 0.324 e. The van der Waals surface area contributed by atoms with Gasteiger partial charge in [-0.1, -0.05) is 55.2 Å². The van der Waals surface area contributed by atoms with E-state index in [4.69, 9.17) is 27.9 Å². The van der Waals surface area contributed by atoms with Crippen LogP contribution < -0.4 is 5.32 Å². The first-order chi connectivity index (χ1) is 16.5. The minimum Gasteiger partial charge on any atom is -0.468 e. The predicted octanol–water partition coefficient (Wildman–Crippen LogP) is 6.47. The van der Waals surface area contributed by atoms with E-state index < -0.39 is 29.7 Å². The van der Waals surface area contributed by atoms with Crippen molar-refractivity contribution in [1.82, 2.24) is 4.90 Å². The minimum absolute atomic E-state index is 0.0354.